The summed E-state index contributed by atoms with van der Waals surface area (Å²) in [5.74, 6) is -0.831. The first-order valence-corrected chi connectivity index (χ1v) is 6.08. The van der Waals surface area contributed by atoms with Crippen LogP contribution in [0.25, 0.3) is 0 Å². The van der Waals surface area contributed by atoms with E-state index in [1.165, 1.54) is 6.07 Å². The lowest BCUT2D eigenvalue weighted by Crippen LogP contribution is -2.26. The number of carbonyl (C=O) groups excluding carboxylic acids is 1. The van der Waals surface area contributed by atoms with Gasteiger partial charge in [-0.3, -0.25) is 4.79 Å². The highest BCUT2D eigenvalue weighted by Gasteiger charge is 2.14. The van der Waals surface area contributed by atoms with E-state index in [-0.39, 0.29) is 11.5 Å². The number of amides is 1. The number of rotatable bonds is 4. The molecule has 1 aromatic carbocycles. The zero-order chi connectivity index (χ0) is 12.0. The van der Waals surface area contributed by atoms with E-state index >= 15 is 0 Å². The van der Waals surface area contributed by atoms with Crippen molar-refractivity contribution in [3.63, 3.8) is 0 Å². The monoisotopic (exact) mass is 333 g/mol. The first-order valence-electron chi connectivity index (χ1n) is 5.00. The maximum atomic E-state index is 13.4. The van der Waals surface area contributed by atoms with Gasteiger partial charge in [-0.05, 0) is 48.1 Å². The fourth-order valence-corrected chi connectivity index (χ4v) is 1.95. The summed E-state index contributed by atoms with van der Waals surface area (Å²) in [5.41, 5.74) is 0.128. The van der Waals surface area contributed by atoms with Crippen molar-refractivity contribution in [3.05, 3.63) is 45.3 Å². The molecule has 0 bridgehead atoms. The maximum Gasteiger partial charge on any atom is 0.255 e. The molecule has 0 saturated heterocycles. The second kappa shape index (κ2) is 6.62. The number of hydrogen-bond acceptors (Lipinski definition) is 1. The SMILES string of the molecule is C/C=C/CCNC(=O)c1c(F)cccc1I. The van der Waals surface area contributed by atoms with Crippen molar-refractivity contribution in [1.82, 2.24) is 5.32 Å². The average Bonchev–Trinajstić information content (AvgIpc) is 2.24. The van der Waals surface area contributed by atoms with E-state index in [1.807, 2.05) is 41.7 Å². The summed E-state index contributed by atoms with van der Waals surface area (Å²) < 4.78 is 14.0. The third-order valence-corrected chi connectivity index (χ3v) is 2.92. The van der Waals surface area contributed by atoms with Gasteiger partial charge in [0, 0.05) is 10.1 Å². The standard InChI is InChI=1S/C12H13FINO/c1-2-3-4-8-15-12(16)11-9(13)6-5-7-10(11)14/h2-3,5-7H,4,8H2,1H3,(H,15,16)/b3-2+. The van der Waals surface area contributed by atoms with E-state index in [4.69, 9.17) is 0 Å². The molecular formula is C12H13FINO. The lowest BCUT2D eigenvalue weighted by molar-refractivity contribution is 0.0949. The first kappa shape index (κ1) is 13.2. The number of benzene rings is 1. The summed E-state index contributed by atoms with van der Waals surface area (Å²) in [6.45, 7) is 2.44. The molecule has 86 valence electrons. The van der Waals surface area contributed by atoms with E-state index in [9.17, 15) is 9.18 Å². The molecule has 1 aromatic rings. The third kappa shape index (κ3) is 3.59. The van der Waals surface area contributed by atoms with Gasteiger partial charge in [-0.1, -0.05) is 18.2 Å². The van der Waals surface area contributed by atoms with Gasteiger partial charge in [0.05, 0.1) is 5.56 Å². The van der Waals surface area contributed by atoms with E-state index in [0.29, 0.717) is 10.1 Å². The Bertz CT molecular complexity index is 384. The van der Waals surface area contributed by atoms with Crippen LogP contribution in [-0.4, -0.2) is 12.5 Å². The van der Waals surface area contributed by atoms with Crippen LogP contribution in [0.2, 0.25) is 0 Å². The Morgan fingerprint density at radius 2 is 2.31 bits per heavy atom. The molecule has 0 spiro atoms. The molecule has 0 saturated carbocycles. The summed E-state index contributed by atoms with van der Waals surface area (Å²) in [7, 11) is 0. The van der Waals surface area contributed by atoms with Crippen molar-refractivity contribution in [3.8, 4) is 0 Å². The lowest BCUT2D eigenvalue weighted by Gasteiger charge is -2.06. The van der Waals surface area contributed by atoms with Crippen molar-refractivity contribution in [2.45, 2.75) is 13.3 Å². The van der Waals surface area contributed by atoms with Crippen LogP contribution in [0.1, 0.15) is 23.7 Å². The van der Waals surface area contributed by atoms with Gasteiger partial charge in [0.15, 0.2) is 0 Å². The van der Waals surface area contributed by atoms with Crippen molar-refractivity contribution in [2.24, 2.45) is 0 Å². The molecule has 1 N–H and O–H groups in total. The molecule has 1 rings (SSSR count). The third-order valence-electron chi connectivity index (χ3n) is 2.02. The van der Waals surface area contributed by atoms with Crippen LogP contribution >= 0.6 is 22.6 Å². The maximum absolute atomic E-state index is 13.4. The van der Waals surface area contributed by atoms with Crippen LogP contribution in [-0.2, 0) is 0 Å². The Kier molecular flexibility index (Phi) is 5.45. The Morgan fingerprint density at radius 3 is 2.94 bits per heavy atom. The van der Waals surface area contributed by atoms with Crippen molar-refractivity contribution in [1.29, 1.82) is 0 Å². The molecule has 1 amide bonds. The van der Waals surface area contributed by atoms with Crippen molar-refractivity contribution >= 4 is 28.5 Å². The number of hydrogen-bond donors (Lipinski definition) is 1. The molecule has 0 aliphatic carbocycles. The van der Waals surface area contributed by atoms with Gasteiger partial charge in [0.1, 0.15) is 5.82 Å². The summed E-state index contributed by atoms with van der Waals surface area (Å²) in [6.07, 6.45) is 4.62. The molecule has 0 fully saturated rings. The molecule has 16 heavy (non-hydrogen) atoms. The van der Waals surface area contributed by atoms with Crippen LogP contribution in [0.15, 0.2) is 30.4 Å². The summed E-state index contributed by atoms with van der Waals surface area (Å²) >= 11 is 1.95. The Balaban J connectivity index is 2.66. The predicted octanol–water partition coefficient (Wildman–Crippen LogP) is 3.13. The van der Waals surface area contributed by atoms with E-state index in [2.05, 4.69) is 5.32 Å². The molecule has 2 nitrogen and oxygen atoms in total. The van der Waals surface area contributed by atoms with Gasteiger partial charge in [-0.25, -0.2) is 4.39 Å². The number of halogens is 2. The van der Waals surface area contributed by atoms with Crippen LogP contribution in [0, 0.1) is 9.39 Å². The first-order chi connectivity index (χ1) is 7.66. The van der Waals surface area contributed by atoms with Crippen LogP contribution in [0.3, 0.4) is 0 Å². The van der Waals surface area contributed by atoms with E-state index in [0.717, 1.165) is 6.42 Å². The highest BCUT2D eigenvalue weighted by molar-refractivity contribution is 14.1. The summed E-state index contributed by atoms with van der Waals surface area (Å²) in [5, 5.41) is 2.68. The van der Waals surface area contributed by atoms with Crippen LogP contribution in [0.5, 0.6) is 0 Å². The molecule has 0 aliphatic rings. The molecule has 0 radical (unpaired) electrons. The van der Waals surface area contributed by atoms with Gasteiger partial charge in [0.25, 0.3) is 5.91 Å². The Morgan fingerprint density at radius 1 is 1.56 bits per heavy atom. The fourth-order valence-electron chi connectivity index (χ4n) is 1.24. The van der Waals surface area contributed by atoms with Gasteiger partial charge in [-0.2, -0.15) is 0 Å². The number of allylic oxidation sites excluding steroid dienone is 1. The normalized spacial score (nSPS) is 10.7. The highest BCUT2D eigenvalue weighted by atomic mass is 127. The molecule has 0 heterocycles. The Hall–Kier alpha value is -0.910. The second-order valence-corrected chi connectivity index (χ2v) is 4.37. The zero-order valence-corrected chi connectivity index (χ0v) is 11.1. The largest absolute Gasteiger partial charge is 0.352 e. The highest BCUT2D eigenvalue weighted by Crippen LogP contribution is 2.15. The predicted molar refractivity (Wildman–Crippen MR) is 70.9 cm³/mol. The van der Waals surface area contributed by atoms with Gasteiger partial charge < -0.3 is 5.32 Å². The van der Waals surface area contributed by atoms with E-state index in [1.54, 1.807) is 12.1 Å². The van der Waals surface area contributed by atoms with Crippen LogP contribution in [0.4, 0.5) is 4.39 Å². The van der Waals surface area contributed by atoms with Crippen LogP contribution < -0.4 is 5.32 Å². The number of carbonyl (C=O) groups is 1. The quantitative estimate of drug-likeness (QED) is 0.512. The van der Waals surface area contributed by atoms with Crippen molar-refractivity contribution < 1.29 is 9.18 Å². The minimum atomic E-state index is -0.476. The summed E-state index contributed by atoms with van der Waals surface area (Å²) in [4.78, 5) is 11.7. The molecule has 0 atom stereocenters. The van der Waals surface area contributed by atoms with E-state index < -0.39 is 5.82 Å². The second-order valence-electron chi connectivity index (χ2n) is 3.21. The van der Waals surface area contributed by atoms with Gasteiger partial charge >= 0.3 is 0 Å². The molecular weight excluding hydrogens is 320 g/mol. The lowest BCUT2D eigenvalue weighted by atomic mass is 10.2. The molecule has 0 aliphatic heterocycles. The van der Waals surface area contributed by atoms with Gasteiger partial charge in [-0.15, -0.1) is 0 Å². The topological polar surface area (TPSA) is 29.1 Å². The molecule has 0 unspecified atom stereocenters. The number of nitrogens with one attached hydrogen (secondary N) is 1. The average molecular weight is 333 g/mol. The molecule has 0 aromatic heterocycles. The molecule has 4 heteroatoms. The smallest absolute Gasteiger partial charge is 0.255 e. The minimum absolute atomic E-state index is 0.128. The summed E-state index contributed by atoms with van der Waals surface area (Å²) in [6, 6.07) is 4.60. The fraction of sp³-hybridized carbons (Fsp3) is 0.250. The van der Waals surface area contributed by atoms with Crippen molar-refractivity contribution in [2.75, 3.05) is 6.54 Å². The zero-order valence-electron chi connectivity index (χ0n) is 8.97. The minimum Gasteiger partial charge on any atom is -0.352 e. The Labute approximate surface area is 108 Å². The van der Waals surface area contributed by atoms with Gasteiger partial charge in [0.2, 0.25) is 0 Å².